The van der Waals surface area contributed by atoms with E-state index in [1.54, 1.807) is 0 Å². The van der Waals surface area contributed by atoms with Crippen LogP contribution in [0, 0.1) is 6.92 Å². The lowest BCUT2D eigenvalue weighted by Crippen LogP contribution is -2.18. The Hall–Kier alpha value is -4.70. The summed E-state index contributed by atoms with van der Waals surface area (Å²) in [5.41, 5.74) is 6.73. The topological polar surface area (TPSA) is 40.6 Å². The highest BCUT2D eigenvalue weighted by atomic mass is 16.1. The maximum Gasteiger partial charge on any atom is 0.150 e. The van der Waals surface area contributed by atoms with Crippen molar-refractivity contribution in [2.75, 3.05) is 25.5 Å². The number of aryl methyl sites for hydroxylation is 1. The minimum absolute atomic E-state index is 0.663. The maximum absolute atomic E-state index is 12.4. The van der Waals surface area contributed by atoms with Gasteiger partial charge in [-0.25, -0.2) is 0 Å². The standard InChI is InChI=1S/C38H36N2O2/c1-6-7-20-39(4)25(3)29-18-19-33-30-15-12-26(21-40(5)34-11-9-8-10-24(34)2)35-27(22-41)13-16-31(37(30)35)32-17-14-28(23-42)36(29)38(32)33/h8-19,22-23H,3,6-7,20-21H2,1-2,4-5H3. The van der Waals surface area contributed by atoms with Crippen molar-refractivity contribution in [1.82, 2.24) is 4.90 Å². The molecule has 0 fully saturated rings. The third-order valence-corrected chi connectivity index (χ3v) is 8.86. The number of fused-ring (bicyclic) bond motifs is 2. The van der Waals surface area contributed by atoms with E-state index in [0.29, 0.717) is 17.7 Å². The van der Waals surface area contributed by atoms with Gasteiger partial charge in [0.15, 0.2) is 12.6 Å². The third kappa shape index (κ3) is 4.30. The van der Waals surface area contributed by atoms with Gasteiger partial charge >= 0.3 is 0 Å². The van der Waals surface area contributed by atoms with Crippen LogP contribution in [0.1, 0.15) is 57.2 Å². The van der Waals surface area contributed by atoms with Gasteiger partial charge in [0.25, 0.3) is 0 Å². The third-order valence-electron chi connectivity index (χ3n) is 8.86. The number of aldehydes is 2. The lowest BCUT2D eigenvalue weighted by Gasteiger charge is -2.25. The monoisotopic (exact) mass is 552 g/mol. The van der Waals surface area contributed by atoms with Crippen molar-refractivity contribution in [3.05, 3.63) is 107 Å². The van der Waals surface area contributed by atoms with Crippen LogP contribution >= 0.6 is 0 Å². The highest BCUT2D eigenvalue weighted by molar-refractivity contribution is 6.36. The first kappa shape index (κ1) is 27.5. The molecule has 42 heavy (non-hydrogen) atoms. The van der Waals surface area contributed by atoms with Crippen LogP contribution in [0.5, 0.6) is 0 Å². The van der Waals surface area contributed by atoms with Crippen LogP contribution in [0.3, 0.4) is 0 Å². The van der Waals surface area contributed by atoms with Crippen LogP contribution in [-0.2, 0) is 6.54 Å². The summed E-state index contributed by atoms with van der Waals surface area (Å²) in [6.45, 7) is 10.3. The van der Waals surface area contributed by atoms with E-state index in [9.17, 15) is 9.59 Å². The Labute approximate surface area is 247 Å². The molecule has 0 saturated carbocycles. The summed E-state index contributed by atoms with van der Waals surface area (Å²) in [7, 11) is 4.17. The minimum Gasteiger partial charge on any atom is -0.375 e. The molecule has 6 aromatic rings. The number of rotatable bonds is 10. The average molecular weight is 553 g/mol. The van der Waals surface area contributed by atoms with Crippen LogP contribution in [0.25, 0.3) is 48.8 Å². The number of benzene rings is 6. The van der Waals surface area contributed by atoms with Crippen molar-refractivity contribution in [2.45, 2.75) is 33.2 Å². The Kier molecular flexibility index (Phi) is 7.16. The normalized spacial score (nSPS) is 11.5. The van der Waals surface area contributed by atoms with Crippen LogP contribution in [0.4, 0.5) is 5.69 Å². The zero-order valence-corrected chi connectivity index (χ0v) is 24.8. The van der Waals surface area contributed by atoms with E-state index in [4.69, 9.17) is 0 Å². The van der Waals surface area contributed by atoms with Gasteiger partial charge in [0.1, 0.15) is 0 Å². The fraction of sp³-hybridized carbons (Fsp3) is 0.211. The Bertz CT molecular complexity index is 1980. The van der Waals surface area contributed by atoms with Gasteiger partial charge in [-0.15, -0.1) is 0 Å². The van der Waals surface area contributed by atoms with E-state index in [2.05, 4.69) is 105 Å². The highest BCUT2D eigenvalue weighted by Crippen LogP contribution is 2.44. The van der Waals surface area contributed by atoms with E-state index in [1.165, 1.54) is 11.3 Å². The largest absolute Gasteiger partial charge is 0.375 e. The van der Waals surface area contributed by atoms with Gasteiger partial charge in [0, 0.05) is 60.6 Å². The Morgan fingerprint density at radius 1 is 0.738 bits per heavy atom. The zero-order valence-electron chi connectivity index (χ0n) is 24.8. The van der Waals surface area contributed by atoms with Crippen LogP contribution in [-0.4, -0.2) is 38.1 Å². The maximum atomic E-state index is 12.4. The molecule has 0 aliphatic rings. The van der Waals surface area contributed by atoms with Crippen molar-refractivity contribution in [1.29, 1.82) is 0 Å². The number of carbonyl (C=O) groups excluding carboxylic acids is 2. The second kappa shape index (κ2) is 10.9. The first-order chi connectivity index (χ1) is 20.4. The molecule has 0 saturated heterocycles. The lowest BCUT2D eigenvalue weighted by molar-refractivity contribution is 0.111. The Balaban J connectivity index is 1.64. The number of carbonyl (C=O) groups is 2. The molecule has 0 spiro atoms. The van der Waals surface area contributed by atoms with Gasteiger partial charge in [-0.1, -0.05) is 86.7 Å². The molecule has 0 aliphatic heterocycles. The highest BCUT2D eigenvalue weighted by Gasteiger charge is 2.21. The number of anilines is 1. The molecule has 6 aromatic carbocycles. The quantitative estimate of drug-likeness (QED) is 0.0966. The SMILES string of the molecule is C=C(c1ccc2c3ccc(CN(C)c4ccccc4C)c4c(C=O)ccc(c5ccc(C=O)c1c52)c43)N(C)CCCC. The molecule has 0 unspecified atom stereocenters. The van der Waals surface area contributed by atoms with Gasteiger partial charge in [-0.3, -0.25) is 9.59 Å². The molecule has 4 heteroatoms. The first-order valence-corrected chi connectivity index (χ1v) is 14.7. The van der Waals surface area contributed by atoms with E-state index in [-0.39, 0.29) is 0 Å². The van der Waals surface area contributed by atoms with Crippen molar-refractivity contribution < 1.29 is 9.59 Å². The fourth-order valence-electron chi connectivity index (χ4n) is 6.65. The zero-order chi connectivity index (χ0) is 29.5. The van der Waals surface area contributed by atoms with Crippen molar-refractivity contribution in [3.8, 4) is 0 Å². The summed E-state index contributed by atoms with van der Waals surface area (Å²) in [6, 6.07) is 25.0. The molecule has 210 valence electrons. The molecule has 0 aromatic heterocycles. The number of hydrogen-bond donors (Lipinski definition) is 0. The van der Waals surface area contributed by atoms with E-state index < -0.39 is 0 Å². The predicted octanol–water partition coefficient (Wildman–Crippen LogP) is 9.01. The number of unbranched alkanes of at least 4 members (excludes halogenated alkanes) is 1. The van der Waals surface area contributed by atoms with E-state index in [0.717, 1.165) is 91.9 Å². The Morgan fingerprint density at radius 2 is 1.31 bits per heavy atom. The predicted molar refractivity (Wildman–Crippen MR) is 178 cm³/mol. The molecular weight excluding hydrogens is 516 g/mol. The van der Waals surface area contributed by atoms with Gasteiger partial charge in [0.05, 0.1) is 0 Å². The molecule has 0 N–H and O–H groups in total. The molecule has 0 aliphatic carbocycles. The van der Waals surface area contributed by atoms with Gasteiger partial charge in [0.2, 0.25) is 0 Å². The second-order valence-corrected chi connectivity index (χ2v) is 11.4. The lowest BCUT2D eigenvalue weighted by atomic mass is 9.84. The van der Waals surface area contributed by atoms with Gasteiger partial charge in [-0.05, 0) is 68.2 Å². The van der Waals surface area contributed by atoms with Gasteiger partial charge < -0.3 is 9.80 Å². The van der Waals surface area contributed by atoms with E-state index >= 15 is 0 Å². The fourth-order valence-corrected chi connectivity index (χ4v) is 6.65. The van der Waals surface area contributed by atoms with Crippen LogP contribution in [0.15, 0.2) is 79.4 Å². The van der Waals surface area contributed by atoms with Crippen molar-refractivity contribution in [3.63, 3.8) is 0 Å². The smallest absolute Gasteiger partial charge is 0.150 e. The summed E-state index contributed by atoms with van der Waals surface area (Å²) in [5, 5.41) is 8.42. The summed E-state index contributed by atoms with van der Waals surface area (Å²) in [5.74, 6) is 0. The summed E-state index contributed by atoms with van der Waals surface area (Å²) in [6.07, 6.45) is 4.11. The molecule has 0 heterocycles. The molecule has 0 atom stereocenters. The number of nitrogens with zero attached hydrogens (tertiary/aromatic N) is 2. The molecule has 4 nitrogen and oxygen atoms in total. The minimum atomic E-state index is 0.663. The number of hydrogen-bond acceptors (Lipinski definition) is 4. The molecule has 6 rings (SSSR count). The van der Waals surface area contributed by atoms with Crippen molar-refractivity contribution in [2.24, 2.45) is 0 Å². The second-order valence-electron chi connectivity index (χ2n) is 11.4. The van der Waals surface area contributed by atoms with Gasteiger partial charge in [-0.2, -0.15) is 0 Å². The molecular formula is C38H36N2O2. The first-order valence-electron chi connectivity index (χ1n) is 14.7. The van der Waals surface area contributed by atoms with E-state index in [1.807, 2.05) is 12.1 Å². The molecule has 0 bridgehead atoms. The van der Waals surface area contributed by atoms with Crippen LogP contribution < -0.4 is 4.90 Å². The molecule has 0 amide bonds. The Morgan fingerprint density at radius 3 is 1.93 bits per heavy atom. The van der Waals surface area contributed by atoms with Crippen molar-refractivity contribution >= 4 is 67.0 Å². The summed E-state index contributed by atoms with van der Waals surface area (Å²) < 4.78 is 0. The summed E-state index contributed by atoms with van der Waals surface area (Å²) >= 11 is 0. The average Bonchev–Trinajstić information content (AvgIpc) is 3.02. The number of para-hydroxylation sites is 1. The summed E-state index contributed by atoms with van der Waals surface area (Å²) in [4.78, 5) is 29.2. The van der Waals surface area contributed by atoms with Crippen LogP contribution in [0.2, 0.25) is 0 Å². The molecule has 0 radical (unpaired) electrons.